The van der Waals surface area contributed by atoms with Crippen molar-refractivity contribution in [1.29, 1.82) is 0 Å². The molecule has 108 valence electrons. The van der Waals surface area contributed by atoms with E-state index in [1.165, 1.54) is 12.1 Å². The largest absolute Gasteiger partial charge is 0.495 e. The molecule has 1 N–H and O–H groups in total. The molecule has 2 aromatic carbocycles. The van der Waals surface area contributed by atoms with Crippen LogP contribution >= 0.6 is 44.1 Å². The number of rotatable bonds is 2. The van der Waals surface area contributed by atoms with Gasteiger partial charge in [-0.25, -0.2) is 4.39 Å². The lowest BCUT2D eigenvalue weighted by Gasteiger charge is -2.11. The molecule has 7 heteroatoms. The van der Waals surface area contributed by atoms with Crippen LogP contribution in [0, 0.1) is 10.6 Å². The normalized spacial score (nSPS) is 11.0. The Morgan fingerprint density at radius 2 is 1.95 bits per heavy atom. The average molecular weight is 432 g/mol. The fraction of sp³-hybridized carbons (Fsp3) is 0.0714. The molecule has 0 aliphatic heterocycles. The third-order valence-corrected chi connectivity index (χ3v) is 4.65. The van der Waals surface area contributed by atoms with Gasteiger partial charge in [0.1, 0.15) is 11.6 Å². The number of ether oxygens (including phenoxy) is 1. The van der Waals surface area contributed by atoms with Crippen molar-refractivity contribution in [3.63, 3.8) is 0 Å². The number of aromatic nitrogens is 2. The molecule has 0 radical (unpaired) electrons. The van der Waals surface area contributed by atoms with Crippen LogP contribution in [-0.2, 0) is 0 Å². The van der Waals surface area contributed by atoms with Gasteiger partial charge in [-0.15, -0.1) is 0 Å². The van der Waals surface area contributed by atoms with Crippen molar-refractivity contribution >= 4 is 55.1 Å². The Balaban J connectivity index is 2.37. The first-order valence-corrected chi connectivity index (χ1v) is 7.94. The molecule has 0 bridgehead atoms. The van der Waals surface area contributed by atoms with Gasteiger partial charge in [0.25, 0.3) is 0 Å². The number of nitrogens with zero attached hydrogens (tertiary/aromatic N) is 1. The van der Waals surface area contributed by atoms with Gasteiger partial charge in [0, 0.05) is 16.6 Å². The standard InChI is InChI=1S/C14H9Br2FN2OS/c1-20-13-6-11(8(15)5-9(13)16)19-12-4-7(17)2-3-10(12)18-14(19)21/h2-6H,1H3,(H,18,21). The van der Waals surface area contributed by atoms with Crippen LogP contribution in [0.25, 0.3) is 16.7 Å². The zero-order valence-corrected chi connectivity index (χ0v) is 14.8. The molecular weight excluding hydrogens is 423 g/mol. The Bertz CT molecular complexity index is 904. The van der Waals surface area contributed by atoms with Crippen molar-refractivity contribution in [2.24, 2.45) is 0 Å². The number of benzene rings is 2. The molecule has 0 saturated carbocycles. The highest BCUT2D eigenvalue weighted by molar-refractivity contribution is 9.11. The van der Waals surface area contributed by atoms with Crippen molar-refractivity contribution in [2.45, 2.75) is 0 Å². The van der Waals surface area contributed by atoms with Gasteiger partial charge in [-0.1, -0.05) is 0 Å². The molecule has 0 spiro atoms. The number of hydrogen-bond donors (Lipinski definition) is 1. The number of methoxy groups -OCH3 is 1. The van der Waals surface area contributed by atoms with E-state index in [9.17, 15) is 4.39 Å². The van der Waals surface area contributed by atoms with Crippen LogP contribution in [0.4, 0.5) is 4.39 Å². The Labute approximate surface area is 142 Å². The third kappa shape index (κ3) is 2.54. The predicted molar refractivity (Wildman–Crippen MR) is 90.4 cm³/mol. The van der Waals surface area contributed by atoms with Gasteiger partial charge in [0.15, 0.2) is 4.77 Å². The molecule has 0 fully saturated rings. The van der Waals surface area contributed by atoms with Gasteiger partial charge in [0.05, 0.1) is 28.3 Å². The molecule has 0 saturated heterocycles. The van der Waals surface area contributed by atoms with Gasteiger partial charge in [-0.2, -0.15) is 0 Å². The van der Waals surface area contributed by atoms with E-state index < -0.39 is 0 Å². The lowest BCUT2D eigenvalue weighted by molar-refractivity contribution is 0.412. The summed E-state index contributed by atoms with van der Waals surface area (Å²) in [6, 6.07) is 8.22. The minimum atomic E-state index is -0.314. The Hall–Kier alpha value is -1.18. The highest BCUT2D eigenvalue weighted by Gasteiger charge is 2.13. The first-order chi connectivity index (χ1) is 10.0. The van der Waals surface area contributed by atoms with E-state index in [4.69, 9.17) is 17.0 Å². The highest BCUT2D eigenvalue weighted by Crippen LogP contribution is 2.35. The van der Waals surface area contributed by atoms with Crippen LogP contribution in [0.2, 0.25) is 0 Å². The van der Waals surface area contributed by atoms with E-state index in [-0.39, 0.29) is 5.82 Å². The summed E-state index contributed by atoms with van der Waals surface area (Å²) in [6.45, 7) is 0. The molecule has 0 atom stereocenters. The maximum Gasteiger partial charge on any atom is 0.182 e. The number of hydrogen-bond acceptors (Lipinski definition) is 2. The monoisotopic (exact) mass is 430 g/mol. The van der Waals surface area contributed by atoms with E-state index in [0.29, 0.717) is 16.0 Å². The summed E-state index contributed by atoms with van der Waals surface area (Å²) in [6.07, 6.45) is 0. The number of aromatic amines is 1. The molecule has 0 unspecified atom stereocenters. The number of halogens is 3. The van der Waals surface area contributed by atoms with Crippen LogP contribution in [0.15, 0.2) is 39.3 Å². The van der Waals surface area contributed by atoms with E-state index in [1.807, 2.05) is 12.1 Å². The topological polar surface area (TPSA) is 29.9 Å². The molecule has 0 amide bonds. The number of H-pyrrole nitrogens is 1. The van der Waals surface area contributed by atoms with E-state index in [0.717, 1.165) is 20.1 Å². The summed E-state index contributed by atoms with van der Waals surface area (Å²) in [5.41, 5.74) is 2.22. The number of imidazole rings is 1. The molecule has 3 rings (SSSR count). The maximum atomic E-state index is 13.5. The summed E-state index contributed by atoms with van der Waals surface area (Å²) < 4.78 is 22.8. The molecule has 0 aliphatic carbocycles. The first kappa shape index (κ1) is 14.7. The smallest absolute Gasteiger partial charge is 0.182 e. The van der Waals surface area contributed by atoms with Crippen LogP contribution < -0.4 is 4.74 Å². The van der Waals surface area contributed by atoms with Crippen molar-refractivity contribution in [3.05, 3.63) is 49.9 Å². The number of fused-ring (bicyclic) bond motifs is 1. The van der Waals surface area contributed by atoms with Crippen LogP contribution in [-0.4, -0.2) is 16.7 Å². The summed E-state index contributed by atoms with van der Waals surface area (Å²) in [7, 11) is 1.59. The zero-order valence-electron chi connectivity index (χ0n) is 10.8. The van der Waals surface area contributed by atoms with Gasteiger partial charge >= 0.3 is 0 Å². The highest BCUT2D eigenvalue weighted by atomic mass is 79.9. The summed E-state index contributed by atoms with van der Waals surface area (Å²) in [4.78, 5) is 3.07. The Kier molecular flexibility index (Phi) is 3.90. The summed E-state index contributed by atoms with van der Waals surface area (Å²) in [5, 5.41) is 0. The van der Waals surface area contributed by atoms with Gasteiger partial charge in [-0.3, -0.25) is 4.57 Å². The van der Waals surface area contributed by atoms with Crippen molar-refractivity contribution in [1.82, 2.24) is 9.55 Å². The number of nitrogens with one attached hydrogen (secondary N) is 1. The van der Waals surface area contributed by atoms with Crippen LogP contribution in [0.3, 0.4) is 0 Å². The molecule has 1 heterocycles. The molecule has 1 aromatic heterocycles. The third-order valence-electron chi connectivity index (χ3n) is 3.11. The van der Waals surface area contributed by atoms with Crippen molar-refractivity contribution in [2.75, 3.05) is 7.11 Å². The average Bonchev–Trinajstić information content (AvgIpc) is 2.75. The van der Waals surface area contributed by atoms with Crippen LogP contribution in [0.5, 0.6) is 5.75 Å². The molecule has 3 aromatic rings. The molecule has 0 aliphatic rings. The van der Waals surface area contributed by atoms with E-state index in [1.54, 1.807) is 17.7 Å². The van der Waals surface area contributed by atoms with Gasteiger partial charge in [-0.05, 0) is 62.3 Å². The lowest BCUT2D eigenvalue weighted by Crippen LogP contribution is -1.97. The van der Waals surface area contributed by atoms with Crippen molar-refractivity contribution < 1.29 is 9.13 Å². The van der Waals surface area contributed by atoms with E-state index in [2.05, 4.69) is 36.8 Å². The van der Waals surface area contributed by atoms with Crippen LogP contribution in [0.1, 0.15) is 0 Å². The minimum absolute atomic E-state index is 0.314. The molecule has 21 heavy (non-hydrogen) atoms. The van der Waals surface area contributed by atoms with Crippen molar-refractivity contribution in [3.8, 4) is 11.4 Å². The molecular formula is C14H9Br2FN2OS. The first-order valence-electron chi connectivity index (χ1n) is 5.95. The Morgan fingerprint density at radius 1 is 1.19 bits per heavy atom. The second-order valence-electron chi connectivity index (χ2n) is 4.37. The second kappa shape index (κ2) is 5.55. The lowest BCUT2D eigenvalue weighted by atomic mass is 10.2. The van der Waals surface area contributed by atoms with E-state index >= 15 is 0 Å². The predicted octanol–water partition coefficient (Wildman–Crippen LogP) is 5.36. The summed E-state index contributed by atoms with van der Waals surface area (Å²) in [5.74, 6) is 0.353. The second-order valence-corrected chi connectivity index (χ2v) is 6.46. The molecule has 3 nitrogen and oxygen atoms in total. The van der Waals surface area contributed by atoms with Gasteiger partial charge in [0.2, 0.25) is 0 Å². The minimum Gasteiger partial charge on any atom is -0.495 e. The fourth-order valence-corrected chi connectivity index (χ4v) is 3.80. The Morgan fingerprint density at radius 3 is 2.67 bits per heavy atom. The fourth-order valence-electron chi connectivity index (χ4n) is 2.16. The van der Waals surface area contributed by atoms with Gasteiger partial charge < -0.3 is 9.72 Å². The zero-order chi connectivity index (χ0) is 15.1. The SMILES string of the molecule is COc1cc(-n2c(=S)[nH]c3ccc(F)cc32)c(Br)cc1Br. The maximum absolute atomic E-state index is 13.5. The quantitative estimate of drug-likeness (QED) is 0.553. The summed E-state index contributed by atoms with van der Waals surface area (Å²) >= 11 is 12.3.